The number of rotatable bonds is 5. The van der Waals surface area contributed by atoms with E-state index in [2.05, 4.69) is 10.3 Å². The molecule has 24 heavy (non-hydrogen) atoms. The maximum Gasteiger partial charge on any atom is 0.258 e. The van der Waals surface area contributed by atoms with E-state index in [1.165, 1.54) is 0 Å². The number of imidazole rings is 1. The predicted octanol–water partition coefficient (Wildman–Crippen LogP) is 3.30. The molecule has 3 aromatic rings. The van der Waals surface area contributed by atoms with E-state index >= 15 is 0 Å². The van der Waals surface area contributed by atoms with Crippen LogP contribution >= 0.6 is 11.6 Å². The van der Waals surface area contributed by atoms with Gasteiger partial charge in [0.25, 0.3) is 5.91 Å². The first-order valence-electron chi connectivity index (χ1n) is 7.63. The van der Waals surface area contributed by atoms with Crippen LogP contribution < -0.4 is 10.1 Å². The Morgan fingerprint density at radius 1 is 1.21 bits per heavy atom. The maximum atomic E-state index is 12.0. The van der Waals surface area contributed by atoms with E-state index in [0.29, 0.717) is 11.7 Å². The van der Waals surface area contributed by atoms with Gasteiger partial charge in [-0.25, -0.2) is 4.98 Å². The largest absolute Gasteiger partial charge is 0.483 e. The van der Waals surface area contributed by atoms with Gasteiger partial charge in [0.1, 0.15) is 16.5 Å². The van der Waals surface area contributed by atoms with E-state index in [4.69, 9.17) is 16.3 Å². The van der Waals surface area contributed by atoms with Gasteiger partial charge in [-0.2, -0.15) is 0 Å². The average Bonchev–Trinajstić information content (AvgIpc) is 2.97. The minimum absolute atomic E-state index is 0.0280. The summed E-state index contributed by atoms with van der Waals surface area (Å²) in [4.78, 5) is 16.4. The van der Waals surface area contributed by atoms with Crippen LogP contribution in [0.3, 0.4) is 0 Å². The molecule has 0 saturated heterocycles. The van der Waals surface area contributed by atoms with Gasteiger partial charge in [-0.15, -0.1) is 0 Å². The van der Waals surface area contributed by atoms with E-state index in [1.807, 2.05) is 50.4 Å². The number of nitrogens with one attached hydrogen (secondary N) is 1. The third kappa shape index (κ3) is 3.51. The summed E-state index contributed by atoms with van der Waals surface area (Å²) in [7, 11) is 0. The second kappa shape index (κ2) is 6.93. The molecule has 0 aliphatic rings. The number of benzene rings is 1. The molecule has 0 saturated carbocycles. The molecule has 0 radical (unpaired) electrons. The number of amides is 1. The number of nitrogens with zero attached hydrogens (tertiary/aromatic N) is 2. The highest BCUT2D eigenvalue weighted by molar-refractivity contribution is 6.29. The molecule has 0 unspecified atom stereocenters. The van der Waals surface area contributed by atoms with Crippen LogP contribution in [0, 0.1) is 13.8 Å². The average molecular weight is 344 g/mol. The van der Waals surface area contributed by atoms with Gasteiger partial charge >= 0.3 is 0 Å². The van der Waals surface area contributed by atoms with Crippen molar-refractivity contribution in [1.82, 2.24) is 14.7 Å². The molecule has 2 heterocycles. The molecule has 124 valence electrons. The zero-order chi connectivity index (χ0) is 17.1. The number of fused-ring (bicyclic) bond motifs is 1. The summed E-state index contributed by atoms with van der Waals surface area (Å²) in [6.07, 6.45) is 1.81. The summed E-state index contributed by atoms with van der Waals surface area (Å²) in [5.74, 6) is 0.563. The fourth-order valence-electron chi connectivity index (χ4n) is 2.52. The summed E-state index contributed by atoms with van der Waals surface area (Å²) < 4.78 is 7.41. The van der Waals surface area contributed by atoms with Crippen LogP contribution in [0.15, 0.2) is 42.6 Å². The van der Waals surface area contributed by atoms with E-state index < -0.39 is 0 Å². The monoisotopic (exact) mass is 343 g/mol. The Kier molecular flexibility index (Phi) is 4.71. The lowest BCUT2D eigenvalue weighted by molar-refractivity contribution is -0.123. The van der Waals surface area contributed by atoms with Gasteiger partial charge in [0.15, 0.2) is 6.61 Å². The van der Waals surface area contributed by atoms with Crippen molar-refractivity contribution in [3.05, 3.63) is 64.6 Å². The lowest BCUT2D eigenvalue weighted by atomic mass is 10.1. The predicted molar refractivity (Wildman–Crippen MR) is 93.5 cm³/mol. The number of halogens is 1. The van der Waals surface area contributed by atoms with Crippen molar-refractivity contribution in [3.8, 4) is 5.75 Å². The molecule has 0 atom stereocenters. The van der Waals surface area contributed by atoms with Crippen LogP contribution in [0.2, 0.25) is 5.15 Å². The number of carbonyl (C=O) groups excluding carboxylic acids is 1. The zero-order valence-corrected chi connectivity index (χ0v) is 14.3. The van der Waals surface area contributed by atoms with Gasteiger partial charge < -0.3 is 10.1 Å². The topological polar surface area (TPSA) is 55.6 Å². The molecule has 1 amide bonds. The second-order valence-electron chi connectivity index (χ2n) is 5.60. The Morgan fingerprint density at radius 2 is 1.92 bits per heavy atom. The smallest absolute Gasteiger partial charge is 0.258 e. The van der Waals surface area contributed by atoms with Crippen LogP contribution in [0.25, 0.3) is 5.65 Å². The Labute approximate surface area is 145 Å². The SMILES string of the molecule is Cc1cccc(C)c1OCC(=O)NCc1cn2c(Cl)cccc2n1. The first-order chi connectivity index (χ1) is 11.5. The summed E-state index contributed by atoms with van der Waals surface area (Å²) in [6.45, 7) is 4.22. The minimum atomic E-state index is -0.194. The molecule has 0 fully saturated rings. The molecule has 2 aromatic heterocycles. The standard InChI is InChI=1S/C18H18ClN3O2/c1-12-5-3-6-13(2)18(12)24-11-17(23)20-9-14-10-22-15(19)7-4-8-16(22)21-14/h3-8,10H,9,11H2,1-2H3,(H,20,23). The summed E-state index contributed by atoms with van der Waals surface area (Å²) in [5, 5.41) is 3.39. The van der Waals surface area contributed by atoms with Crippen molar-refractivity contribution in [2.24, 2.45) is 0 Å². The van der Waals surface area contributed by atoms with Crippen LogP contribution in [0.4, 0.5) is 0 Å². The first-order valence-corrected chi connectivity index (χ1v) is 8.00. The van der Waals surface area contributed by atoms with E-state index in [9.17, 15) is 4.79 Å². The third-order valence-electron chi connectivity index (χ3n) is 3.72. The molecular weight excluding hydrogens is 326 g/mol. The highest BCUT2D eigenvalue weighted by atomic mass is 35.5. The number of hydrogen-bond donors (Lipinski definition) is 1. The number of ether oxygens (including phenoxy) is 1. The van der Waals surface area contributed by atoms with Crippen molar-refractivity contribution in [1.29, 1.82) is 0 Å². The number of para-hydroxylation sites is 1. The summed E-state index contributed by atoms with van der Waals surface area (Å²) in [5.41, 5.74) is 3.51. The number of carbonyl (C=O) groups is 1. The highest BCUT2D eigenvalue weighted by Gasteiger charge is 2.09. The van der Waals surface area contributed by atoms with Crippen molar-refractivity contribution in [2.75, 3.05) is 6.61 Å². The molecule has 0 aliphatic carbocycles. The van der Waals surface area contributed by atoms with Crippen LogP contribution in [-0.4, -0.2) is 21.9 Å². The normalized spacial score (nSPS) is 10.8. The second-order valence-corrected chi connectivity index (χ2v) is 5.98. The molecule has 1 aromatic carbocycles. The Morgan fingerprint density at radius 3 is 2.62 bits per heavy atom. The highest BCUT2D eigenvalue weighted by Crippen LogP contribution is 2.22. The van der Waals surface area contributed by atoms with Gasteiger partial charge in [-0.3, -0.25) is 9.20 Å². The van der Waals surface area contributed by atoms with Gasteiger partial charge in [-0.05, 0) is 37.1 Å². The van der Waals surface area contributed by atoms with Crippen LogP contribution in [0.5, 0.6) is 5.75 Å². The lowest BCUT2D eigenvalue weighted by Gasteiger charge is -2.11. The van der Waals surface area contributed by atoms with Gasteiger partial charge in [0.2, 0.25) is 0 Å². The molecule has 6 heteroatoms. The molecule has 1 N–H and O–H groups in total. The van der Waals surface area contributed by atoms with Crippen molar-refractivity contribution in [3.63, 3.8) is 0 Å². The molecule has 0 spiro atoms. The fourth-order valence-corrected chi connectivity index (χ4v) is 2.73. The Balaban J connectivity index is 1.58. The third-order valence-corrected chi connectivity index (χ3v) is 4.02. The minimum Gasteiger partial charge on any atom is -0.483 e. The van der Waals surface area contributed by atoms with Gasteiger partial charge in [0.05, 0.1) is 12.2 Å². The van der Waals surface area contributed by atoms with Gasteiger partial charge in [0, 0.05) is 6.20 Å². The summed E-state index contributed by atoms with van der Waals surface area (Å²) in [6, 6.07) is 11.4. The molecule has 5 nitrogen and oxygen atoms in total. The van der Waals surface area contributed by atoms with Crippen molar-refractivity contribution >= 4 is 23.2 Å². The maximum absolute atomic E-state index is 12.0. The zero-order valence-electron chi connectivity index (χ0n) is 13.5. The quantitative estimate of drug-likeness (QED) is 0.723. The van der Waals surface area contributed by atoms with E-state index in [1.54, 1.807) is 10.5 Å². The molecule has 0 bridgehead atoms. The van der Waals surface area contributed by atoms with Crippen LogP contribution in [-0.2, 0) is 11.3 Å². The number of pyridine rings is 1. The lowest BCUT2D eigenvalue weighted by Crippen LogP contribution is -2.28. The molecule has 0 aliphatic heterocycles. The Bertz CT molecular complexity index is 869. The first kappa shape index (κ1) is 16.3. The summed E-state index contributed by atoms with van der Waals surface area (Å²) >= 11 is 6.10. The van der Waals surface area contributed by atoms with Crippen LogP contribution in [0.1, 0.15) is 16.8 Å². The van der Waals surface area contributed by atoms with Gasteiger partial charge in [-0.1, -0.05) is 35.9 Å². The van der Waals surface area contributed by atoms with E-state index in [-0.39, 0.29) is 12.5 Å². The number of hydrogen-bond acceptors (Lipinski definition) is 3. The number of aromatic nitrogens is 2. The van der Waals surface area contributed by atoms with Crippen molar-refractivity contribution in [2.45, 2.75) is 20.4 Å². The molecular formula is C18H18ClN3O2. The number of aryl methyl sites for hydroxylation is 2. The molecule has 3 rings (SSSR count). The Hall–Kier alpha value is -2.53. The fraction of sp³-hybridized carbons (Fsp3) is 0.222. The van der Waals surface area contributed by atoms with E-state index in [0.717, 1.165) is 28.2 Å². The van der Waals surface area contributed by atoms with Crippen molar-refractivity contribution < 1.29 is 9.53 Å².